The van der Waals surface area contributed by atoms with Crippen molar-refractivity contribution in [1.82, 2.24) is 4.98 Å². The zero-order valence-corrected chi connectivity index (χ0v) is 11.5. The Morgan fingerprint density at radius 1 is 1.47 bits per heavy atom. The smallest absolute Gasteiger partial charge is 0.0897 e. The molecule has 2 N–H and O–H groups in total. The maximum atomic E-state index is 6.35. The van der Waals surface area contributed by atoms with Crippen molar-refractivity contribution in [2.75, 3.05) is 0 Å². The first kappa shape index (κ1) is 12.6. The normalized spacial score (nSPS) is 14.6. The molecule has 0 saturated heterocycles. The third-order valence-electron chi connectivity index (χ3n) is 2.70. The first-order valence-electron chi connectivity index (χ1n) is 5.43. The van der Waals surface area contributed by atoms with Crippen LogP contribution in [-0.4, -0.2) is 4.98 Å². The van der Waals surface area contributed by atoms with Crippen LogP contribution in [0.1, 0.15) is 23.2 Å². The van der Waals surface area contributed by atoms with Crippen molar-refractivity contribution < 1.29 is 0 Å². The Bertz CT molecular complexity index is 520. The van der Waals surface area contributed by atoms with Crippen LogP contribution in [0.3, 0.4) is 0 Å². The van der Waals surface area contributed by atoms with Gasteiger partial charge < -0.3 is 5.73 Å². The van der Waals surface area contributed by atoms with Crippen LogP contribution in [0.5, 0.6) is 0 Å². The number of rotatable bonds is 3. The summed E-state index contributed by atoms with van der Waals surface area (Å²) < 4.78 is 0. The molecule has 2 rings (SSSR count). The molecule has 0 spiro atoms. The van der Waals surface area contributed by atoms with Crippen LogP contribution in [-0.2, 0) is 12.0 Å². The van der Waals surface area contributed by atoms with Crippen LogP contribution >= 0.6 is 22.9 Å². The highest BCUT2D eigenvalue weighted by molar-refractivity contribution is 7.09. The predicted molar refractivity (Wildman–Crippen MR) is 73.5 cm³/mol. The fourth-order valence-electron chi connectivity index (χ4n) is 1.81. The van der Waals surface area contributed by atoms with Gasteiger partial charge in [0.25, 0.3) is 0 Å². The third-order valence-corrected chi connectivity index (χ3v) is 3.76. The summed E-state index contributed by atoms with van der Waals surface area (Å²) in [6, 6.07) is 7.70. The second-order valence-corrected chi connectivity index (χ2v) is 5.96. The SMILES string of the molecule is Cc1nc(CC(C)(N)c2cccc(Cl)c2)cs1. The van der Waals surface area contributed by atoms with E-state index < -0.39 is 5.54 Å². The van der Waals surface area contributed by atoms with Crippen LogP contribution < -0.4 is 5.73 Å². The van der Waals surface area contributed by atoms with Gasteiger partial charge in [-0.15, -0.1) is 11.3 Å². The molecule has 2 aromatic rings. The minimum atomic E-state index is -0.439. The minimum Gasteiger partial charge on any atom is -0.321 e. The topological polar surface area (TPSA) is 38.9 Å². The Kier molecular flexibility index (Phi) is 3.52. The van der Waals surface area contributed by atoms with Crippen molar-refractivity contribution in [2.45, 2.75) is 25.8 Å². The molecule has 0 aliphatic rings. The van der Waals surface area contributed by atoms with Crippen molar-refractivity contribution in [3.8, 4) is 0 Å². The van der Waals surface area contributed by atoms with Crippen LogP contribution in [0.25, 0.3) is 0 Å². The van der Waals surface area contributed by atoms with Crippen molar-refractivity contribution in [1.29, 1.82) is 0 Å². The van der Waals surface area contributed by atoms with Gasteiger partial charge in [-0.2, -0.15) is 0 Å². The second kappa shape index (κ2) is 4.77. The Balaban J connectivity index is 2.24. The molecule has 17 heavy (non-hydrogen) atoms. The standard InChI is InChI=1S/C13H15ClN2S/c1-9-16-12(8-17-9)7-13(2,15)10-4-3-5-11(14)6-10/h3-6,8H,7,15H2,1-2H3. The number of halogens is 1. The van der Waals surface area contributed by atoms with E-state index in [2.05, 4.69) is 10.4 Å². The molecule has 0 aliphatic carbocycles. The molecular formula is C13H15ClN2S. The van der Waals surface area contributed by atoms with Crippen molar-refractivity contribution in [2.24, 2.45) is 5.73 Å². The number of thiazole rings is 1. The fourth-order valence-corrected chi connectivity index (χ4v) is 2.61. The zero-order chi connectivity index (χ0) is 12.5. The van der Waals surface area contributed by atoms with E-state index in [1.165, 1.54) is 0 Å². The van der Waals surface area contributed by atoms with Gasteiger partial charge in [0.15, 0.2) is 0 Å². The highest BCUT2D eigenvalue weighted by Crippen LogP contribution is 2.25. The molecule has 1 unspecified atom stereocenters. The average molecular weight is 267 g/mol. The van der Waals surface area contributed by atoms with Gasteiger partial charge in [0, 0.05) is 22.4 Å². The Labute approximate surface area is 110 Å². The summed E-state index contributed by atoms with van der Waals surface area (Å²) in [5.74, 6) is 0. The lowest BCUT2D eigenvalue weighted by molar-refractivity contribution is 0.486. The van der Waals surface area contributed by atoms with E-state index in [1.807, 2.05) is 38.1 Å². The monoisotopic (exact) mass is 266 g/mol. The van der Waals surface area contributed by atoms with E-state index in [0.29, 0.717) is 5.02 Å². The van der Waals surface area contributed by atoms with E-state index >= 15 is 0 Å². The molecule has 0 saturated carbocycles. The van der Waals surface area contributed by atoms with Crippen LogP contribution in [0.4, 0.5) is 0 Å². The lowest BCUT2D eigenvalue weighted by Crippen LogP contribution is -2.35. The number of hydrogen-bond donors (Lipinski definition) is 1. The molecule has 1 aromatic carbocycles. The third kappa shape index (κ3) is 3.06. The summed E-state index contributed by atoms with van der Waals surface area (Å²) in [6.07, 6.45) is 0.720. The number of benzene rings is 1. The van der Waals surface area contributed by atoms with Gasteiger partial charge in [0.2, 0.25) is 0 Å². The number of hydrogen-bond acceptors (Lipinski definition) is 3. The van der Waals surface area contributed by atoms with Crippen LogP contribution in [0.15, 0.2) is 29.6 Å². The minimum absolute atomic E-state index is 0.439. The highest BCUT2D eigenvalue weighted by Gasteiger charge is 2.23. The van der Waals surface area contributed by atoms with E-state index in [0.717, 1.165) is 22.7 Å². The van der Waals surface area contributed by atoms with E-state index in [1.54, 1.807) is 11.3 Å². The first-order valence-corrected chi connectivity index (χ1v) is 6.69. The second-order valence-electron chi connectivity index (χ2n) is 4.46. The van der Waals surface area contributed by atoms with Gasteiger partial charge in [-0.05, 0) is 31.5 Å². The Morgan fingerprint density at radius 2 is 2.24 bits per heavy atom. The van der Waals surface area contributed by atoms with E-state index in [9.17, 15) is 0 Å². The van der Waals surface area contributed by atoms with Gasteiger partial charge in [-0.3, -0.25) is 0 Å². The van der Waals surface area contributed by atoms with Crippen LogP contribution in [0, 0.1) is 6.92 Å². The molecule has 4 heteroatoms. The molecule has 0 amide bonds. The van der Waals surface area contributed by atoms with E-state index in [-0.39, 0.29) is 0 Å². The number of aryl methyl sites for hydroxylation is 1. The van der Waals surface area contributed by atoms with Gasteiger partial charge in [-0.1, -0.05) is 23.7 Å². The molecule has 0 radical (unpaired) electrons. The van der Waals surface area contributed by atoms with Gasteiger partial charge in [-0.25, -0.2) is 4.98 Å². The molecule has 1 aromatic heterocycles. The summed E-state index contributed by atoms with van der Waals surface area (Å²) >= 11 is 7.64. The maximum absolute atomic E-state index is 6.35. The quantitative estimate of drug-likeness (QED) is 0.923. The van der Waals surface area contributed by atoms with Gasteiger partial charge >= 0.3 is 0 Å². The van der Waals surface area contributed by atoms with E-state index in [4.69, 9.17) is 17.3 Å². The first-order chi connectivity index (χ1) is 7.97. The summed E-state index contributed by atoms with van der Waals surface area (Å²) in [4.78, 5) is 4.45. The number of nitrogens with two attached hydrogens (primary N) is 1. The number of nitrogens with zero attached hydrogens (tertiary/aromatic N) is 1. The summed E-state index contributed by atoms with van der Waals surface area (Å²) in [7, 11) is 0. The van der Waals surface area contributed by atoms with Crippen molar-refractivity contribution in [3.05, 3.63) is 50.9 Å². The zero-order valence-electron chi connectivity index (χ0n) is 9.90. The number of aromatic nitrogens is 1. The lowest BCUT2D eigenvalue weighted by atomic mass is 9.89. The van der Waals surface area contributed by atoms with Crippen molar-refractivity contribution in [3.63, 3.8) is 0 Å². The molecule has 1 atom stereocenters. The molecule has 2 nitrogen and oxygen atoms in total. The fraction of sp³-hybridized carbons (Fsp3) is 0.308. The lowest BCUT2D eigenvalue weighted by Gasteiger charge is -2.24. The molecule has 0 aliphatic heterocycles. The largest absolute Gasteiger partial charge is 0.321 e. The molecule has 0 fully saturated rings. The molecule has 90 valence electrons. The summed E-state index contributed by atoms with van der Waals surface area (Å²) in [5, 5.41) is 3.85. The molecule has 1 heterocycles. The maximum Gasteiger partial charge on any atom is 0.0897 e. The van der Waals surface area contributed by atoms with Gasteiger partial charge in [0.1, 0.15) is 0 Å². The molecule has 0 bridgehead atoms. The van der Waals surface area contributed by atoms with Gasteiger partial charge in [0.05, 0.1) is 10.7 Å². The predicted octanol–water partition coefficient (Wildman–Crippen LogP) is 3.52. The summed E-state index contributed by atoms with van der Waals surface area (Å²) in [5.41, 5.74) is 7.99. The highest BCUT2D eigenvalue weighted by atomic mass is 35.5. The molecular weight excluding hydrogens is 252 g/mol. The van der Waals surface area contributed by atoms with Crippen LogP contribution in [0.2, 0.25) is 5.02 Å². The summed E-state index contributed by atoms with van der Waals surface area (Å²) in [6.45, 7) is 4.01. The average Bonchev–Trinajstić information content (AvgIpc) is 2.63. The Hall–Kier alpha value is -0.900. The Morgan fingerprint density at radius 3 is 2.82 bits per heavy atom. The van der Waals surface area contributed by atoms with Crippen molar-refractivity contribution >= 4 is 22.9 Å².